The molecule has 2 aliphatic rings. The fourth-order valence-corrected chi connectivity index (χ4v) is 5.28. The summed E-state index contributed by atoms with van der Waals surface area (Å²) in [6.07, 6.45) is 0.493. The molecule has 6 nitrogen and oxygen atoms in total. The monoisotopic (exact) mass is 560 g/mol. The van der Waals surface area contributed by atoms with Gasteiger partial charge >= 0.3 is 0 Å². The minimum Gasteiger partial charge on any atom is -0.506 e. The molecule has 0 spiro atoms. The summed E-state index contributed by atoms with van der Waals surface area (Å²) in [5, 5.41) is 14.2. The molecule has 3 aromatic carbocycles. The van der Waals surface area contributed by atoms with Crippen LogP contribution in [0.4, 0.5) is 20.2 Å². The van der Waals surface area contributed by atoms with Crippen LogP contribution in [-0.2, 0) is 16.0 Å². The van der Waals surface area contributed by atoms with Crippen molar-refractivity contribution < 1.29 is 28.2 Å². The first-order valence-corrected chi connectivity index (χ1v) is 13.5. The summed E-state index contributed by atoms with van der Waals surface area (Å²) >= 11 is 0. The molecule has 0 aliphatic carbocycles. The van der Waals surface area contributed by atoms with Gasteiger partial charge in [-0.3, -0.25) is 9.69 Å². The van der Waals surface area contributed by atoms with Crippen molar-refractivity contribution >= 4 is 17.3 Å². The molecule has 1 atom stereocenters. The highest BCUT2D eigenvalue weighted by Gasteiger charge is 2.43. The lowest BCUT2D eigenvalue weighted by molar-refractivity contribution is -0.118. The van der Waals surface area contributed by atoms with Gasteiger partial charge in [-0.25, -0.2) is 4.39 Å². The molecule has 41 heavy (non-hydrogen) atoms. The molecular weight excluding hydrogens is 526 g/mol. The molecular formula is C33H34F2N2O4. The predicted octanol–water partition coefficient (Wildman–Crippen LogP) is 7.33. The summed E-state index contributed by atoms with van der Waals surface area (Å²) in [6, 6.07) is 13.9. The number of hydrogen-bond acceptors (Lipinski definition) is 5. The molecule has 2 heterocycles. The first kappa shape index (κ1) is 28.2. The van der Waals surface area contributed by atoms with Gasteiger partial charge in [0.25, 0.3) is 0 Å². The van der Waals surface area contributed by atoms with Crippen LogP contribution in [0.15, 0.2) is 78.2 Å². The number of rotatable bonds is 6. The van der Waals surface area contributed by atoms with E-state index in [4.69, 9.17) is 9.47 Å². The number of aryl methyl sites for hydroxylation is 1. The number of allylic oxidation sites excluding steroid dienone is 1. The molecule has 1 amide bonds. The van der Waals surface area contributed by atoms with Gasteiger partial charge in [-0.2, -0.15) is 4.39 Å². The first-order chi connectivity index (χ1) is 19.5. The lowest BCUT2D eigenvalue weighted by atomic mass is 9.85. The number of carbonyl (C=O) groups is 1. The highest BCUT2D eigenvalue weighted by atomic mass is 19.2. The van der Waals surface area contributed by atoms with E-state index in [0.717, 1.165) is 11.1 Å². The number of phenolic OH excluding ortho intramolecular Hbond substituents is 1. The van der Waals surface area contributed by atoms with E-state index in [1.807, 2.05) is 45.0 Å². The summed E-state index contributed by atoms with van der Waals surface area (Å²) in [4.78, 5) is 15.7. The maximum Gasteiger partial charge on any atom is 0.232 e. The van der Waals surface area contributed by atoms with Gasteiger partial charge < -0.3 is 19.9 Å². The lowest BCUT2D eigenvalue weighted by Gasteiger charge is -2.38. The van der Waals surface area contributed by atoms with Crippen molar-refractivity contribution in [2.24, 2.45) is 5.41 Å². The van der Waals surface area contributed by atoms with Gasteiger partial charge in [-0.1, -0.05) is 50.8 Å². The molecule has 0 fully saturated rings. The standard InChI is InChI=1S/C33H34F2N2O4/c1-19(2)17-40-26-14-13-22(28(34)29(26)35)31-32-23(16-33(4,5)18-41-32)36-30-24(11-8-12-25(30)38)37(31)27(39)15-21-10-7-6-9-20(21)3/h6-14,31,36,38H,1,15-18H2,2-5H3. The van der Waals surface area contributed by atoms with E-state index in [2.05, 4.69) is 11.9 Å². The average molecular weight is 561 g/mol. The van der Waals surface area contributed by atoms with E-state index in [1.165, 1.54) is 23.1 Å². The van der Waals surface area contributed by atoms with E-state index in [-0.39, 0.29) is 41.4 Å². The summed E-state index contributed by atoms with van der Waals surface area (Å²) < 4.78 is 43.2. The number of para-hydroxylation sites is 1. The Kier molecular flexibility index (Phi) is 7.51. The van der Waals surface area contributed by atoms with Gasteiger partial charge in [0.05, 0.1) is 24.4 Å². The topological polar surface area (TPSA) is 71.0 Å². The second-order valence-electron chi connectivity index (χ2n) is 11.6. The Balaban J connectivity index is 1.72. The molecule has 2 aliphatic heterocycles. The number of fused-ring (bicyclic) bond motifs is 1. The molecule has 0 radical (unpaired) electrons. The van der Waals surface area contributed by atoms with Gasteiger partial charge in [-0.15, -0.1) is 0 Å². The number of nitrogens with zero attached hydrogens (tertiary/aromatic N) is 1. The third kappa shape index (κ3) is 5.51. The molecule has 0 bridgehead atoms. The number of hydrogen-bond donors (Lipinski definition) is 2. The highest BCUT2D eigenvalue weighted by Crippen LogP contribution is 2.50. The second-order valence-corrected chi connectivity index (χ2v) is 11.6. The Morgan fingerprint density at radius 2 is 1.90 bits per heavy atom. The fourth-order valence-electron chi connectivity index (χ4n) is 5.28. The normalized spacial score (nSPS) is 17.5. The van der Waals surface area contributed by atoms with Crippen LogP contribution in [0.1, 0.15) is 49.9 Å². The molecule has 0 aromatic heterocycles. The number of nitrogens with one attached hydrogen (secondary N) is 1. The van der Waals surface area contributed by atoms with Crippen LogP contribution < -0.4 is 15.0 Å². The molecule has 0 saturated carbocycles. The summed E-state index contributed by atoms with van der Waals surface area (Å²) in [5.41, 5.74) is 3.21. The minimum atomic E-state index is -1.17. The molecule has 0 saturated heterocycles. The van der Waals surface area contributed by atoms with Crippen molar-refractivity contribution in [1.82, 2.24) is 0 Å². The third-order valence-electron chi connectivity index (χ3n) is 7.35. The smallest absolute Gasteiger partial charge is 0.232 e. The summed E-state index contributed by atoms with van der Waals surface area (Å²) in [7, 11) is 0. The van der Waals surface area contributed by atoms with Crippen LogP contribution in [-0.4, -0.2) is 24.2 Å². The van der Waals surface area contributed by atoms with Crippen molar-refractivity contribution in [3.05, 3.63) is 107 Å². The minimum absolute atomic E-state index is 0.00369. The van der Waals surface area contributed by atoms with Gasteiger partial charge in [-0.05, 0) is 61.2 Å². The van der Waals surface area contributed by atoms with Gasteiger partial charge in [0.15, 0.2) is 11.6 Å². The Labute approximate surface area is 238 Å². The third-order valence-corrected chi connectivity index (χ3v) is 7.35. The number of carbonyl (C=O) groups excluding carboxylic acids is 1. The van der Waals surface area contributed by atoms with E-state index < -0.39 is 17.7 Å². The maximum atomic E-state index is 16.0. The number of halogens is 2. The summed E-state index contributed by atoms with van der Waals surface area (Å²) in [5.74, 6) is -2.72. The predicted molar refractivity (Wildman–Crippen MR) is 155 cm³/mol. The molecule has 5 rings (SSSR count). The molecule has 8 heteroatoms. The quantitative estimate of drug-likeness (QED) is 0.244. The van der Waals surface area contributed by atoms with Crippen molar-refractivity contribution in [3.63, 3.8) is 0 Å². The Morgan fingerprint density at radius 3 is 2.63 bits per heavy atom. The number of aromatic hydroxyl groups is 1. The number of benzene rings is 3. The zero-order chi connectivity index (χ0) is 29.5. The van der Waals surface area contributed by atoms with Crippen LogP contribution in [0.5, 0.6) is 11.5 Å². The van der Waals surface area contributed by atoms with E-state index in [1.54, 1.807) is 19.1 Å². The number of amides is 1. The van der Waals surface area contributed by atoms with Crippen molar-refractivity contribution in [2.45, 2.75) is 46.6 Å². The second kappa shape index (κ2) is 10.9. The summed E-state index contributed by atoms with van der Waals surface area (Å²) in [6.45, 7) is 11.8. The zero-order valence-electron chi connectivity index (χ0n) is 23.7. The lowest BCUT2D eigenvalue weighted by Crippen LogP contribution is -2.39. The first-order valence-electron chi connectivity index (χ1n) is 13.5. The van der Waals surface area contributed by atoms with Crippen LogP contribution in [0.25, 0.3) is 0 Å². The largest absolute Gasteiger partial charge is 0.506 e. The molecule has 3 aromatic rings. The fraction of sp³-hybridized carbons (Fsp3) is 0.303. The van der Waals surface area contributed by atoms with Crippen molar-refractivity contribution in [2.75, 3.05) is 23.4 Å². The average Bonchev–Trinajstić information content (AvgIpc) is 3.05. The molecule has 214 valence electrons. The van der Waals surface area contributed by atoms with Crippen LogP contribution in [0, 0.1) is 24.0 Å². The van der Waals surface area contributed by atoms with Crippen molar-refractivity contribution in [3.8, 4) is 11.5 Å². The van der Waals surface area contributed by atoms with Crippen molar-refractivity contribution in [1.29, 1.82) is 0 Å². The highest BCUT2D eigenvalue weighted by molar-refractivity contribution is 6.01. The van der Waals surface area contributed by atoms with Crippen LogP contribution >= 0.6 is 0 Å². The maximum absolute atomic E-state index is 16.0. The Hall–Kier alpha value is -4.33. The van der Waals surface area contributed by atoms with E-state index in [9.17, 15) is 9.90 Å². The number of ether oxygens (including phenoxy) is 2. The van der Waals surface area contributed by atoms with Gasteiger partial charge in [0.2, 0.25) is 11.7 Å². The van der Waals surface area contributed by atoms with E-state index >= 15 is 8.78 Å². The SMILES string of the molecule is C=C(C)COc1ccc(C2C3=C(CC(C)(C)CO3)Nc3c(O)cccc3N2C(=O)Cc2ccccc2C)c(F)c1F. The number of phenols is 1. The molecule has 2 N–H and O–H groups in total. The van der Waals surface area contributed by atoms with E-state index in [0.29, 0.717) is 41.4 Å². The number of anilines is 2. The van der Waals surface area contributed by atoms with Gasteiger partial charge in [0, 0.05) is 11.0 Å². The molecule has 1 unspecified atom stereocenters. The van der Waals surface area contributed by atoms with Crippen LogP contribution in [0.2, 0.25) is 0 Å². The Bertz CT molecular complexity index is 1560. The van der Waals surface area contributed by atoms with Gasteiger partial charge in [0.1, 0.15) is 29.8 Å². The van der Waals surface area contributed by atoms with Crippen LogP contribution in [0.3, 0.4) is 0 Å². The zero-order valence-corrected chi connectivity index (χ0v) is 23.7. The Morgan fingerprint density at radius 1 is 1.15 bits per heavy atom.